The van der Waals surface area contributed by atoms with Gasteiger partial charge in [0, 0.05) is 25.8 Å². The molecule has 1 rings (SSSR count). The SMILES string of the molecule is CCNc1ccccc1C(=O)N(C)CC(C)CC. The third-order valence-electron chi connectivity index (χ3n) is 3.15. The zero-order valence-corrected chi connectivity index (χ0v) is 11.9. The molecule has 18 heavy (non-hydrogen) atoms. The lowest BCUT2D eigenvalue weighted by atomic mass is 10.1. The van der Waals surface area contributed by atoms with Gasteiger partial charge in [0.15, 0.2) is 0 Å². The van der Waals surface area contributed by atoms with E-state index in [2.05, 4.69) is 19.2 Å². The fourth-order valence-electron chi connectivity index (χ4n) is 1.90. The van der Waals surface area contributed by atoms with Crippen molar-refractivity contribution in [2.24, 2.45) is 5.92 Å². The first-order valence-corrected chi connectivity index (χ1v) is 6.68. The molecule has 0 saturated heterocycles. The fraction of sp³-hybridized carbons (Fsp3) is 0.533. The second-order valence-corrected chi connectivity index (χ2v) is 4.78. The molecule has 0 spiro atoms. The highest BCUT2D eigenvalue weighted by Gasteiger charge is 2.16. The van der Waals surface area contributed by atoms with E-state index in [9.17, 15) is 4.79 Å². The van der Waals surface area contributed by atoms with Gasteiger partial charge in [0.2, 0.25) is 0 Å². The summed E-state index contributed by atoms with van der Waals surface area (Å²) in [7, 11) is 1.87. The van der Waals surface area contributed by atoms with E-state index in [1.165, 1.54) is 0 Å². The molecule has 1 N–H and O–H groups in total. The predicted octanol–water partition coefficient (Wildman–Crippen LogP) is 3.24. The summed E-state index contributed by atoms with van der Waals surface area (Å²) < 4.78 is 0. The lowest BCUT2D eigenvalue weighted by molar-refractivity contribution is 0.0776. The Morgan fingerprint density at radius 2 is 2.00 bits per heavy atom. The standard InChI is InChI=1S/C15H24N2O/c1-5-12(3)11-17(4)15(18)13-9-7-8-10-14(13)16-6-2/h7-10,12,16H,5-6,11H2,1-4H3. The van der Waals surface area contributed by atoms with Crippen molar-refractivity contribution in [3.63, 3.8) is 0 Å². The van der Waals surface area contributed by atoms with Crippen LogP contribution in [0.2, 0.25) is 0 Å². The van der Waals surface area contributed by atoms with Crippen LogP contribution in [0.15, 0.2) is 24.3 Å². The van der Waals surface area contributed by atoms with Gasteiger partial charge in [0.25, 0.3) is 5.91 Å². The van der Waals surface area contributed by atoms with Gasteiger partial charge in [-0.1, -0.05) is 32.4 Å². The van der Waals surface area contributed by atoms with Crippen molar-refractivity contribution >= 4 is 11.6 Å². The number of amides is 1. The summed E-state index contributed by atoms with van der Waals surface area (Å²) in [6, 6.07) is 7.69. The van der Waals surface area contributed by atoms with Crippen molar-refractivity contribution in [3.05, 3.63) is 29.8 Å². The number of nitrogens with one attached hydrogen (secondary N) is 1. The Hall–Kier alpha value is -1.51. The van der Waals surface area contributed by atoms with Gasteiger partial charge in [0.05, 0.1) is 5.56 Å². The highest BCUT2D eigenvalue weighted by Crippen LogP contribution is 2.17. The van der Waals surface area contributed by atoms with Crippen LogP contribution in [0.1, 0.15) is 37.6 Å². The van der Waals surface area contributed by atoms with Gasteiger partial charge in [-0.2, -0.15) is 0 Å². The summed E-state index contributed by atoms with van der Waals surface area (Å²) in [5, 5.41) is 3.23. The van der Waals surface area contributed by atoms with Crippen molar-refractivity contribution in [2.45, 2.75) is 27.2 Å². The molecule has 0 aliphatic carbocycles. The number of hydrogen-bond donors (Lipinski definition) is 1. The zero-order valence-electron chi connectivity index (χ0n) is 11.9. The molecule has 0 fully saturated rings. The molecule has 0 aliphatic rings. The smallest absolute Gasteiger partial charge is 0.255 e. The molecule has 0 aromatic heterocycles. The van der Waals surface area contributed by atoms with Crippen molar-refractivity contribution in [2.75, 3.05) is 25.5 Å². The Bertz CT molecular complexity index is 390. The number of nitrogens with zero attached hydrogens (tertiary/aromatic N) is 1. The molecule has 0 heterocycles. The summed E-state index contributed by atoms with van der Waals surface area (Å²) in [6.07, 6.45) is 1.09. The molecule has 1 aromatic carbocycles. The minimum Gasteiger partial charge on any atom is -0.385 e. The summed E-state index contributed by atoms with van der Waals surface area (Å²) in [4.78, 5) is 14.2. The number of para-hydroxylation sites is 1. The van der Waals surface area contributed by atoms with Crippen LogP contribution in [-0.4, -0.2) is 30.9 Å². The number of rotatable bonds is 6. The van der Waals surface area contributed by atoms with Crippen LogP contribution in [0.5, 0.6) is 0 Å². The minimum atomic E-state index is 0.0897. The van der Waals surface area contributed by atoms with Crippen LogP contribution in [0.4, 0.5) is 5.69 Å². The minimum absolute atomic E-state index is 0.0897. The first kappa shape index (κ1) is 14.6. The van der Waals surface area contributed by atoms with E-state index in [0.717, 1.165) is 30.8 Å². The monoisotopic (exact) mass is 248 g/mol. The molecule has 3 nitrogen and oxygen atoms in total. The van der Waals surface area contributed by atoms with Crippen LogP contribution in [0, 0.1) is 5.92 Å². The molecule has 0 radical (unpaired) electrons. The highest BCUT2D eigenvalue weighted by atomic mass is 16.2. The molecule has 1 atom stereocenters. The number of hydrogen-bond acceptors (Lipinski definition) is 2. The van der Waals surface area contributed by atoms with E-state index in [-0.39, 0.29) is 5.91 Å². The Morgan fingerprint density at radius 3 is 2.61 bits per heavy atom. The number of carbonyl (C=O) groups excluding carboxylic acids is 1. The quantitative estimate of drug-likeness (QED) is 0.838. The largest absolute Gasteiger partial charge is 0.385 e. The van der Waals surface area contributed by atoms with Crippen molar-refractivity contribution < 1.29 is 4.79 Å². The Kier molecular flexibility index (Phi) is 5.69. The highest BCUT2D eigenvalue weighted by molar-refractivity contribution is 5.99. The van der Waals surface area contributed by atoms with Gasteiger partial charge >= 0.3 is 0 Å². The average molecular weight is 248 g/mol. The van der Waals surface area contributed by atoms with Gasteiger partial charge in [-0.15, -0.1) is 0 Å². The average Bonchev–Trinajstić information content (AvgIpc) is 2.38. The first-order chi connectivity index (χ1) is 8.60. The molecule has 1 unspecified atom stereocenters. The Balaban J connectivity index is 2.82. The van der Waals surface area contributed by atoms with Crippen molar-refractivity contribution in [3.8, 4) is 0 Å². The number of carbonyl (C=O) groups is 1. The lowest BCUT2D eigenvalue weighted by Gasteiger charge is -2.22. The molecule has 1 aromatic rings. The summed E-state index contributed by atoms with van der Waals surface area (Å²) in [6.45, 7) is 7.97. The maximum absolute atomic E-state index is 12.4. The third-order valence-corrected chi connectivity index (χ3v) is 3.15. The first-order valence-electron chi connectivity index (χ1n) is 6.68. The fourth-order valence-corrected chi connectivity index (χ4v) is 1.90. The predicted molar refractivity (Wildman–Crippen MR) is 77.0 cm³/mol. The van der Waals surface area contributed by atoms with Crippen molar-refractivity contribution in [1.29, 1.82) is 0 Å². The van der Waals surface area contributed by atoms with Gasteiger partial charge in [-0.05, 0) is 25.0 Å². The van der Waals surface area contributed by atoms with Crippen LogP contribution in [0.3, 0.4) is 0 Å². The third kappa shape index (κ3) is 3.76. The Morgan fingerprint density at radius 1 is 1.33 bits per heavy atom. The zero-order chi connectivity index (χ0) is 13.5. The van der Waals surface area contributed by atoms with E-state index in [1.54, 1.807) is 0 Å². The summed E-state index contributed by atoms with van der Waals surface area (Å²) in [5.41, 5.74) is 1.67. The Labute approximate surface area is 110 Å². The topological polar surface area (TPSA) is 32.3 Å². The van der Waals surface area contributed by atoms with Crippen molar-refractivity contribution in [1.82, 2.24) is 4.90 Å². The van der Waals surface area contributed by atoms with E-state index < -0.39 is 0 Å². The molecular formula is C15H24N2O. The number of anilines is 1. The second kappa shape index (κ2) is 7.04. The maximum Gasteiger partial charge on any atom is 0.255 e. The molecule has 1 amide bonds. The molecule has 100 valence electrons. The molecule has 0 bridgehead atoms. The molecule has 0 aliphatic heterocycles. The van der Waals surface area contributed by atoms with Crippen LogP contribution in [0.25, 0.3) is 0 Å². The van der Waals surface area contributed by atoms with Gasteiger partial charge in [-0.25, -0.2) is 0 Å². The van der Waals surface area contributed by atoms with Gasteiger partial charge < -0.3 is 10.2 Å². The van der Waals surface area contributed by atoms with E-state index >= 15 is 0 Å². The molecule has 0 saturated carbocycles. The van der Waals surface area contributed by atoms with Crippen LogP contribution in [-0.2, 0) is 0 Å². The van der Waals surface area contributed by atoms with Gasteiger partial charge in [-0.3, -0.25) is 4.79 Å². The van der Waals surface area contributed by atoms with Gasteiger partial charge in [0.1, 0.15) is 0 Å². The lowest BCUT2D eigenvalue weighted by Crippen LogP contribution is -2.31. The van der Waals surface area contributed by atoms with Crippen LogP contribution < -0.4 is 5.32 Å². The summed E-state index contributed by atoms with van der Waals surface area (Å²) in [5.74, 6) is 0.622. The van der Waals surface area contributed by atoms with E-state index in [4.69, 9.17) is 0 Å². The molecular weight excluding hydrogens is 224 g/mol. The maximum atomic E-state index is 12.4. The summed E-state index contributed by atoms with van der Waals surface area (Å²) >= 11 is 0. The van der Waals surface area contributed by atoms with E-state index in [0.29, 0.717) is 5.92 Å². The van der Waals surface area contributed by atoms with E-state index in [1.807, 2.05) is 43.1 Å². The normalized spacial score (nSPS) is 12.0. The number of benzene rings is 1. The van der Waals surface area contributed by atoms with Crippen LogP contribution >= 0.6 is 0 Å². The molecule has 3 heteroatoms. The second-order valence-electron chi connectivity index (χ2n) is 4.78.